The van der Waals surface area contributed by atoms with Gasteiger partial charge in [0.15, 0.2) is 0 Å². The molecule has 0 nitrogen and oxygen atoms in total. The maximum Gasteiger partial charge on any atom is -0.0134 e. The molecule has 25 heavy (non-hydrogen) atoms. The van der Waals surface area contributed by atoms with Crippen molar-refractivity contribution in [1.82, 2.24) is 0 Å². The summed E-state index contributed by atoms with van der Waals surface area (Å²) in [5, 5.41) is 0. The van der Waals surface area contributed by atoms with E-state index in [2.05, 4.69) is 79.3 Å². The van der Waals surface area contributed by atoms with E-state index in [0.717, 1.165) is 18.8 Å². The van der Waals surface area contributed by atoms with E-state index >= 15 is 0 Å². The zero-order valence-electron chi connectivity index (χ0n) is 18.2. The second-order valence-corrected chi connectivity index (χ2v) is 8.53. The highest BCUT2D eigenvalue weighted by Crippen LogP contribution is 2.24. The molecular formula is C25H44. The largest absolute Gasteiger partial charge is 0.103 e. The van der Waals surface area contributed by atoms with Crippen LogP contribution in [0, 0.1) is 17.8 Å². The summed E-state index contributed by atoms with van der Waals surface area (Å²) >= 11 is 0. The molecule has 0 heterocycles. The molecule has 0 saturated carbocycles. The van der Waals surface area contributed by atoms with Gasteiger partial charge in [-0.15, -0.1) is 6.58 Å². The first kappa shape index (κ1) is 24.0. The number of hydrogen-bond donors (Lipinski definition) is 0. The van der Waals surface area contributed by atoms with Crippen molar-refractivity contribution in [2.45, 2.75) is 93.4 Å². The van der Waals surface area contributed by atoms with Crippen LogP contribution in [0.2, 0.25) is 0 Å². The van der Waals surface area contributed by atoms with Gasteiger partial charge in [-0.05, 0) is 77.0 Å². The fraction of sp³-hybridized carbons (Fsp3) is 0.680. The lowest BCUT2D eigenvalue weighted by molar-refractivity contribution is 0.554. The van der Waals surface area contributed by atoms with Gasteiger partial charge in [-0.1, -0.05) is 75.1 Å². The zero-order valence-corrected chi connectivity index (χ0v) is 18.2. The van der Waals surface area contributed by atoms with Crippen molar-refractivity contribution < 1.29 is 0 Å². The topological polar surface area (TPSA) is 0 Å². The highest BCUT2D eigenvalue weighted by atomic mass is 14.1. The van der Waals surface area contributed by atoms with Gasteiger partial charge in [0.2, 0.25) is 0 Å². The second-order valence-electron chi connectivity index (χ2n) is 8.53. The van der Waals surface area contributed by atoms with Gasteiger partial charge in [0, 0.05) is 0 Å². The van der Waals surface area contributed by atoms with Crippen LogP contribution in [0.5, 0.6) is 0 Å². The molecule has 0 rings (SSSR count). The van der Waals surface area contributed by atoms with Gasteiger partial charge in [-0.25, -0.2) is 0 Å². The molecule has 0 bridgehead atoms. The van der Waals surface area contributed by atoms with Crippen molar-refractivity contribution in [2.24, 2.45) is 17.8 Å². The minimum Gasteiger partial charge on any atom is -0.103 e. The average Bonchev–Trinajstić information content (AvgIpc) is 2.53. The molecule has 0 heteroatoms. The Kier molecular flexibility index (Phi) is 13.6. The summed E-state index contributed by atoms with van der Waals surface area (Å²) in [6.07, 6.45) is 18.0. The molecule has 0 amide bonds. The monoisotopic (exact) mass is 344 g/mol. The Morgan fingerprint density at radius 1 is 0.920 bits per heavy atom. The molecule has 0 saturated heterocycles. The highest BCUT2D eigenvalue weighted by Gasteiger charge is 2.08. The van der Waals surface area contributed by atoms with Crippen LogP contribution in [0.15, 0.2) is 47.6 Å². The summed E-state index contributed by atoms with van der Waals surface area (Å²) in [6.45, 7) is 19.9. The first-order chi connectivity index (χ1) is 11.8. The van der Waals surface area contributed by atoms with Crippen LogP contribution < -0.4 is 0 Å². The molecular weight excluding hydrogens is 300 g/mol. The molecule has 0 fully saturated rings. The molecule has 0 spiro atoms. The van der Waals surface area contributed by atoms with E-state index in [1.165, 1.54) is 37.7 Å². The van der Waals surface area contributed by atoms with E-state index in [1.807, 2.05) is 0 Å². The fourth-order valence-corrected chi connectivity index (χ4v) is 2.91. The molecule has 2 atom stereocenters. The zero-order chi connectivity index (χ0) is 19.2. The Labute approximate surface area is 159 Å². The molecule has 0 aromatic carbocycles. The lowest BCUT2D eigenvalue weighted by Gasteiger charge is -2.16. The van der Waals surface area contributed by atoms with Crippen LogP contribution in [0.1, 0.15) is 93.4 Å². The normalized spacial score (nSPS) is 15.2. The highest BCUT2D eigenvalue weighted by molar-refractivity contribution is 5.14. The predicted molar refractivity (Wildman–Crippen MR) is 117 cm³/mol. The van der Waals surface area contributed by atoms with E-state index in [1.54, 1.807) is 11.1 Å². The third kappa shape index (κ3) is 13.9. The summed E-state index contributed by atoms with van der Waals surface area (Å²) in [6, 6.07) is 0. The molecule has 0 N–H and O–H groups in total. The summed E-state index contributed by atoms with van der Waals surface area (Å²) in [5.74, 6) is 2.04. The number of hydrogen-bond acceptors (Lipinski definition) is 0. The van der Waals surface area contributed by atoms with E-state index in [4.69, 9.17) is 0 Å². The van der Waals surface area contributed by atoms with Gasteiger partial charge >= 0.3 is 0 Å². The lowest BCUT2D eigenvalue weighted by Crippen LogP contribution is -2.01. The third-order valence-corrected chi connectivity index (χ3v) is 4.98. The van der Waals surface area contributed by atoms with Crippen molar-refractivity contribution in [3.8, 4) is 0 Å². The quantitative estimate of drug-likeness (QED) is 0.293. The molecule has 2 unspecified atom stereocenters. The SMILES string of the molecule is C=CC(C)C/C=C(\C/C=C(\C)CCCC(C)C)C(C)CCC=C(C)C. The molecule has 0 aliphatic carbocycles. The molecule has 0 aliphatic heterocycles. The first-order valence-corrected chi connectivity index (χ1v) is 10.4. The average molecular weight is 345 g/mol. The number of rotatable bonds is 13. The van der Waals surface area contributed by atoms with Crippen molar-refractivity contribution in [1.29, 1.82) is 0 Å². The van der Waals surface area contributed by atoms with Crippen molar-refractivity contribution in [3.63, 3.8) is 0 Å². The Balaban J connectivity index is 4.76. The van der Waals surface area contributed by atoms with Gasteiger partial charge in [-0.2, -0.15) is 0 Å². The van der Waals surface area contributed by atoms with Crippen LogP contribution >= 0.6 is 0 Å². The number of allylic oxidation sites excluding steroid dienone is 7. The fourth-order valence-electron chi connectivity index (χ4n) is 2.91. The van der Waals surface area contributed by atoms with E-state index in [0.29, 0.717) is 11.8 Å². The molecule has 0 radical (unpaired) electrons. The molecule has 144 valence electrons. The van der Waals surface area contributed by atoms with Crippen molar-refractivity contribution >= 4 is 0 Å². The molecule has 0 aromatic heterocycles. The predicted octanol–water partition coefficient (Wildman–Crippen LogP) is 8.67. The minimum absolute atomic E-state index is 0.566. The maximum atomic E-state index is 3.93. The second kappa shape index (κ2) is 14.2. The van der Waals surface area contributed by atoms with Gasteiger partial charge in [0.25, 0.3) is 0 Å². The summed E-state index contributed by atoms with van der Waals surface area (Å²) < 4.78 is 0. The Bertz CT molecular complexity index is 441. The van der Waals surface area contributed by atoms with Gasteiger partial charge < -0.3 is 0 Å². The van der Waals surface area contributed by atoms with Gasteiger partial charge in [0.1, 0.15) is 0 Å². The standard InChI is InChI=1S/C25H44/c1-9-22(6)16-18-25(24(8)15-11-13-21(4)5)19-17-23(7)14-10-12-20(2)3/h9,13,17-18,20,22,24H,1,10-12,14-16,19H2,2-8H3/b23-17+,25-18+. The molecule has 0 aromatic rings. The molecule has 0 aliphatic rings. The Hall–Kier alpha value is -1.04. The van der Waals surface area contributed by atoms with Crippen molar-refractivity contribution in [3.05, 3.63) is 47.6 Å². The van der Waals surface area contributed by atoms with Crippen LogP contribution in [0.25, 0.3) is 0 Å². The lowest BCUT2D eigenvalue weighted by atomic mass is 9.90. The van der Waals surface area contributed by atoms with Crippen LogP contribution in [0.3, 0.4) is 0 Å². The Morgan fingerprint density at radius 3 is 2.16 bits per heavy atom. The first-order valence-electron chi connectivity index (χ1n) is 10.4. The van der Waals surface area contributed by atoms with Crippen molar-refractivity contribution in [2.75, 3.05) is 0 Å². The summed E-state index contributed by atoms with van der Waals surface area (Å²) in [5.41, 5.74) is 4.60. The van der Waals surface area contributed by atoms with Crippen LogP contribution in [0.4, 0.5) is 0 Å². The summed E-state index contributed by atoms with van der Waals surface area (Å²) in [7, 11) is 0. The van der Waals surface area contributed by atoms with E-state index in [-0.39, 0.29) is 0 Å². The maximum absolute atomic E-state index is 3.93. The minimum atomic E-state index is 0.566. The van der Waals surface area contributed by atoms with Crippen LogP contribution in [-0.2, 0) is 0 Å². The Morgan fingerprint density at radius 2 is 1.60 bits per heavy atom. The van der Waals surface area contributed by atoms with Gasteiger partial charge in [0.05, 0.1) is 0 Å². The smallest absolute Gasteiger partial charge is 0.0134 e. The van der Waals surface area contributed by atoms with Crippen LogP contribution in [-0.4, -0.2) is 0 Å². The van der Waals surface area contributed by atoms with Gasteiger partial charge in [-0.3, -0.25) is 0 Å². The van der Waals surface area contributed by atoms with E-state index in [9.17, 15) is 0 Å². The third-order valence-electron chi connectivity index (χ3n) is 4.98. The summed E-state index contributed by atoms with van der Waals surface area (Å²) in [4.78, 5) is 0. The van der Waals surface area contributed by atoms with E-state index < -0.39 is 0 Å².